The van der Waals surface area contributed by atoms with Crippen LogP contribution in [0.2, 0.25) is 0 Å². The van der Waals surface area contributed by atoms with Crippen molar-refractivity contribution in [3.05, 3.63) is 29.3 Å². The smallest absolute Gasteiger partial charge is 0.329 e. The van der Waals surface area contributed by atoms with Crippen molar-refractivity contribution < 1.29 is 14.3 Å². The third-order valence-electron chi connectivity index (χ3n) is 2.77. The lowest BCUT2D eigenvalue weighted by atomic mass is 10.0. The summed E-state index contributed by atoms with van der Waals surface area (Å²) >= 11 is 0. The first-order valence-corrected chi connectivity index (χ1v) is 5.97. The molecule has 0 bridgehead atoms. The molecule has 2 rings (SSSR count). The van der Waals surface area contributed by atoms with Crippen molar-refractivity contribution in [2.75, 3.05) is 5.32 Å². The molecule has 0 aliphatic carbocycles. The summed E-state index contributed by atoms with van der Waals surface area (Å²) in [6, 6.07) is 5.02. The van der Waals surface area contributed by atoms with E-state index in [2.05, 4.69) is 5.32 Å². The molecule has 1 aromatic carbocycles. The molecule has 0 aromatic heterocycles. The fourth-order valence-electron chi connectivity index (χ4n) is 2.04. The zero-order chi connectivity index (χ0) is 13.3. The summed E-state index contributed by atoms with van der Waals surface area (Å²) in [6.07, 6.45) is 1.32. The first-order valence-electron chi connectivity index (χ1n) is 5.97. The molecule has 4 nitrogen and oxygen atoms in total. The second-order valence-corrected chi connectivity index (χ2v) is 5.43. The molecule has 0 saturated carbocycles. The van der Waals surface area contributed by atoms with Crippen LogP contribution in [0.15, 0.2) is 18.2 Å². The summed E-state index contributed by atoms with van der Waals surface area (Å²) in [4.78, 5) is 22.9. The Hall–Kier alpha value is -1.84. The Morgan fingerprint density at radius 3 is 2.78 bits per heavy atom. The zero-order valence-electron chi connectivity index (χ0n) is 10.8. The molecule has 0 amide bonds. The van der Waals surface area contributed by atoms with Crippen molar-refractivity contribution in [1.29, 1.82) is 0 Å². The van der Waals surface area contributed by atoms with Crippen LogP contribution >= 0.6 is 0 Å². The quantitative estimate of drug-likeness (QED) is 0.643. The molecule has 1 aromatic rings. The molecular formula is C14H17NO3. The molecule has 1 unspecified atom stereocenters. The monoisotopic (exact) mass is 247 g/mol. The van der Waals surface area contributed by atoms with Crippen molar-refractivity contribution in [2.24, 2.45) is 0 Å². The van der Waals surface area contributed by atoms with Crippen LogP contribution in [-0.4, -0.2) is 23.9 Å². The van der Waals surface area contributed by atoms with Gasteiger partial charge in [-0.1, -0.05) is 12.1 Å². The molecule has 96 valence electrons. The molecule has 1 aliphatic rings. The summed E-state index contributed by atoms with van der Waals surface area (Å²) < 4.78 is 5.34. The molecule has 18 heavy (non-hydrogen) atoms. The van der Waals surface area contributed by atoms with Crippen LogP contribution < -0.4 is 5.32 Å². The van der Waals surface area contributed by atoms with Gasteiger partial charge < -0.3 is 10.1 Å². The average molecular weight is 247 g/mol. The van der Waals surface area contributed by atoms with Gasteiger partial charge in [-0.15, -0.1) is 0 Å². The van der Waals surface area contributed by atoms with E-state index in [1.807, 2.05) is 26.8 Å². The van der Waals surface area contributed by atoms with Crippen molar-refractivity contribution in [1.82, 2.24) is 0 Å². The second kappa shape index (κ2) is 4.44. The Kier molecular flexibility index (Phi) is 3.11. The number of fused-ring (bicyclic) bond motifs is 1. The van der Waals surface area contributed by atoms with E-state index in [0.29, 0.717) is 12.0 Å². The Morgan fingerprint density at radius 2 is 2.17 bits per heavy atom. The van der Waals surface area contributed by atoms with E-state index in [1.54, 1.807) is 12.1 Å². The maximum Gasteiger partial charge on any atom is 0.329 e. The van der Waals surface area contributed by atoms with Gasteiger partial charge in [-0.25, -0.2) is 4.79 Å². The fraction of sp³-hybridized carbons (Fsp3) is 0.429. The van der Waals surface area contributed by atoms with Gasteiger partial charge in [0.2, 0.25) is 0 Å². The molecule has 0 saturated heterocycles. The Bertz CT molecular complexity index is 488. The second-order valence-electron chi connectivity index (χ2n) is 5.43. The van der Waals surface area contributed by atoms with Gasteiger partial charge >= 0.3 is 5.97 Å². The number of nitrogens with one attached hydrogen (secondary N) is 1. The number of ether oxygens (including phenoxy) is 1. The highest BCUT2D eigenvalue weighted by Gasteiger charge is 2.31. The number of carbonyl (C=O) groups excluding carboxylic acids is 2. The Balaban J connectivity index is 2.15. The minimum Gasteiger partial charge on any atom is -0.458 e. The number of hydrogen-bond acceptors (Lipinski definition) is 4. The van der Waals surface area contributed by atoms with Gasteiger partial charge in [0, 0.05) is 17.7 Å². The molecule has 0 spiro atoms. The van der Waals surface area contributed by atoms with Crippen LogP contribution in [0.3, 0.4) is 0 Å². The zero-order valence-corrected chi connectivity index (χ0v) is 10.8. The van der Waals surface area contributed by atoms with E-state index in [4.69, 9.17) is 4.74 Å². The van der Waals surface area contributed by atoms with E-state index in [-0.39, 0.29) is 5.97 Å². The van der Waals surface area contributed by atoms with Gasteiger partial charge in [-0.3, -0.25) is 4.79 Å². The summed E-state index contributed by atoms with van der Waals surface area (Å²) in [5, 5.41) is 3.10. The molecule has 1 atom stereocenters. The summed E-state index contributed by atoms with van der Waals surface area (Å²) in [5.41, 5.74) is 1.87. The highest BCUT2D eigenvalue weighted by atomic mass is 16.6. The van der Waals surface area contributed by atoms with Crippen LogP contribution in [0.5, 0.6) is 0 Å². The number of anilines is 1. The predicted octanol–water partition coefficient (Wildman–Crippen LogP) is 2.18. The van der Waals surface area contributed by atoms with Crippen LogP contribution in [-0.2, 0) is 16.0 Å². The van der Waals surface area contributed by atoms with Crippen molar-refractivity contribution in [3.8, 4) is 0 Å². The lowest BCUT2D eigenvalue weighted by Crippen LogP contribution is -2.35. The van der Waals surface area contributed by atoms with E-state index in [9.17, 15) is 9.59 Å². The number of hydrogen-bond donors (Lipinski definition) is 1. The topological polar surface area (TPSA) is 55.4 Å². The number of aldehydes is 1. The number of benzene rings is 1. The van der Waals surface area contributed by atoms with E-state index in [1.165, 1.54) is 0 Å². The molecular weight excluding hydrogens is 230 g/mol. The summed E-state index contributed by atoms with van der Waals surface area (Å²) in [7, 11) is 0. The maximum atomic E-state index is 12.0. The highest BCUT2D eigenvalue weighted by molar-refractivity contribution is 5.88. The molecule has 1 heterocycles. The third kappa shape index (κ3) is 2.53. The van der Waals surface area contributed by atoms with Gasteiger partial charge in [0.05, 0.1) is 0 Å². The first-order chi connectivity index (χ1) is 8.40. The molecule has 1 N–H and O–H groups in total. The van der Waals surface area contributed by atoms with E-state index >= 15 is 0 Å². The van der Waals surface area contributed by atoms with Crippen LogP contribution in [0.1, 0.15) is 36.7 Å². The number of rotatable bonds is 2. The molecule has 0 radical (unpaired) electrons. The Morgan fingerprint density at radius 1 is 1.44 bits per heavy atom. The average Bonchev–Trinajstić information content (AvgIpc) is 2.70. The number of esters is 1. The molecule has 1 aliphatic heterocycles. The van der Waals surface area contributed by atoms with Gasteiger partial charge in [-0.2, -0.15) is 0 Å². The van der Waals surface area contributed by atoms with E-state index in [0.717, 1.165) is 17.5 Å². The fourth-order valence-corrected chi connectivity index (χ4v) is 2.04. The lowest BCUT2D eigenvalue weighted by molar-refractivity contribution is -0.155. The SMILES string of the molecule is CC(C)(C)OC(=O)C1Cc2c(C=O)cccc2N1. The van der Waals surface area contributed by atoms with Crippen LogP contribution in [0.25, 0.3) is 0 Å². The Labute approximate surface area is 106 Å². The minimum atomic E-state index is -0.499. The van der Waals surface area contributed by atoms with E-state index < -0.39 is 11.6 Å². The largest absolute Gasteiger partial charge is 0.458 e. The maximum absolute atomic E-state index is 12.0. The van der Waals surface area contributed by atoms with Crippen molar-refractivity contribution in [2.45, 2.75) is 38.8 Å². The molecule has 0 fully saturated rings. The van der Waals surface area contributed by atoms with Crippen molar-refractivity contribution >= 4 is 17.9 Å². The minimum absolute atomic E-state index is 0.282. The predicted molar refractivity (Wildman–Crippen MR) is 68.8 cm³/mol. The summed E-state index contributed by atoms with van der Waals surface area (Å²) in [6.45, 7) is 5.51. The third-order valence-corrected chi connectivity index (χ3v) is 2.77. The first kappa shape index (κ1) is 12.6. The van der Waals surface area contributed by atoms with Crippen molar-refractivity contribution in [3.63, 3.8) is 0 Å². The lowest BCUT2D eigenvalue weighted by Gasteiger charge is -2.22. The van der Waals surface area contributed by atoms with Crippen LogP contribution in [0.4, 0.5) is 5.69 Å². The standard InChI is InChI=1S/C14H17NO3/c1-14(2,3)18-13(17)12-7-10-9(8-16)5-4-6-11(10)15-12/h4-6,8,12,15H,7H2,1-3H3. The van der Waals surface area contributed by atoms with Gasteiger partial charge in [0.1, 0.15) is 17.9 Å². The summed E-state index contributed by atoms with van der Waals surface area (Å²) in [5.74, 6) is -0.282. The normalized spacial score (nSPS) is 17.8. The highest BCUT2D eigenvalue weighted by Crippen LogP contribution is 2.29. The van der Waals surface area contributed by atoms with Gasteiger partial charge in [0.25, 0.3) is 0 Å². The number of carbonyl (C=O) groups is 2. The van der Waals surface area contributed by atoms with Gasteiger partial charge in [0.15, 0.2) is 0 Å². The van der Waals surface area contributed by atoms with Gasteiger partial charge in [-0.05, 0) is 32.4 Å². The van der Waals surface area contributed by atoms with Crippen LogP contribution in [0, 0.1) is 0 Å². The molecule has 4 heteroatoms.